The predicted octanol–water partition coefficient (Wildman–Crippen LogP) is 4.69. The fraction of sp³-hybridized carbons (Fsp3) is 0.167. The average Bonchev–Trinajstić information content (AvgIpc) is 2.79. The van der Waals surface area contributed by atoms with E-state index in [-0.39, 0.29) is 18.5 Å². The van der Waals surface area contributed by atoms with Crippen LogP contribution in [0.5, 0.6) is 0 Å². The molecule has 1 atom stereocenters. The Bertz CT molecular complexity index is 809. The molecule has 0 bridgehead atoms. The average molecular weight is 277 g/mol. The van der Waals surface area contributed by atoms with Gasteiger partial charge < -0.3 is 9.80 Å². The van der Waals surface area contributed by atoms with Crippen molar-refractivity contribution in [3.05, 3.63) is 77.9 Å². The van der Waals surface area contributed by atoms with E-state index in [1.165, 1.54) is 0 Å². The Labute approximate surface area is 128 Å². The Morgan fingerprint density at radius 3 is 2.52 bits per heavy atom. The molecule has 3 heteroatoms. The van der Waals surface area contributed by atoms with E-state index in [1.54, 1.807) is 17.0 Å². The third-order valence-corrected chi connectivity index (χ3v) is 3.65. The summed E-state index contributed by atoms with van der Waals surface area (Å²) in [5, 5.41) is 0. The lowest BCUT2D eigenvalue weighted by molar-refractivity contribution is 0.748. The SMILES string of the molecule is [2H]C1=C([2H])N(c2cc([N+]#[C-])ccc2C)[C@@H](C)N1c1ccccc1. The lowest BCUT2D eigenvalue weighted by Gasteiger charge is -2.31. The summed E-state index contributed by atoms with van der Waals surface area (Å²) in [6.45, 7) is 11.1. The van der Waals surface area contributed by atoms with Crippen LogP contribution in [0.3, 0.4) is 0 Å². The van der Waals surface area contributed by atoms with Gasteiger partial charge in [0.05, 0.1) is 9.31 Å². The smallest absolute Gasteiger partial charge is 0.189 e. The molecule has 0 radical (unpaired) electrons. The molecular weight excluding hydrogens is 258 g/mol. The number of hydrogen-bond donors (Lipinski definition) is 0. The van der Waals surface area contributed by atoms with Gasteiger partial charge in [-0.1, -0.05) is 30.3 Å². The van der Waals surface area contributed by atoms with Crippen LogP contribution in [-0.4, -0.2) is 6.17 Å². The van der Waals surface area contributed by atoms with E-state index in [9.17, 15) is 0 Å². The van der Waals surface area contributed by atoms with Crippen molar-refractivity contribution in [1.29, 1.82) is 0 Å². The zero-order chi connectivity index (χ0) is 16.6. The number of aryl methyl sites for hydroxylation is 1. The van der Waals surface area contributed by atoms with Crippen molar-refractivity contribution < 1.29 is 2.74 Å². The quantitative estimate of drug-likeness (QED) is 0.737. The summed E-state index contributed by atoms with van der Waals surface area (Å²) >= 11 is 0. The number of anilines is 2. The molecule has 3 nitrogen and oxygen atoms in total. The molecule has 2 aromatic rings. The minimum absolute atomic E-state index is 0.145. The van der Waals surface area contributed by atoms with Gasteiger partial charge in [0.25, 0.3) is 0 Å². The fourth-order valence-electron chi connectivity index (χ4n) is 2.47. The molecule has 0 aliphatic carbocycles. The van der Waals surface area contributed by atoms with Crippen LogP contribution in [0.4, 0.5) is 17.1 Å². The van der Waals surface area contributed by atoms with Crippen LogP contribution in [0, 0.1) is 13.5 Å². The summed E-state index contributed by atoms with van der Waals surface area (Å²) in [6, 6.07) is 15.1. The van der Waals surface area contributed by atoms with Crippen molar-refractivity contribution in [3.63, 3.8) is 0 Å². The highest BCUT2D eigenvalue weighted by Gasteiger charge is 2.25. The Morgan fingerprint density at radius 2 is 1.81 bits per heavy atom. The van der Waals surface area contributed by atoms with Gasteiger partial charge in [-0.3, -0.25) is 0 Å². The lowest BCUT2D eigenvalue weighted by Crippen LogP contribution is -2.36. The highest BCUT2D eigenvalue weighted by Crippen LogP contribution is 2.33. The van der Waals surface area contributed by atoms with Crippen LogP contribution in [0.25, 0.3) is 4.85 Å². The summed E-state index contributed by atoms with van der Waals surface area (Å²) in [5.41, 5.74) is 3.21. The maximum atomic E-state index is 8.37. The first-order valence-corrected chi connectivity index (χ1v) is 6.83. The molecule has 0 saturated heterocycles. The minimum Gasteiger partial charge on any atom is -0.327 e. The van der Waals surface area contributed by atoms with Crippen LogP contribution in [0.15, 0.2) is 60.9 Å². The Hall–Kier alpha value is -2.73. The maximum Gasteiger partial charge on any atom is 0.189 e. The monoisotopic (exact) mass is 277 g/mol. The van der Waals surface area contributed by atoms with Gasteiger partial charge in [-0.25, -0.2) is 4.85 Å². The van der Waals surface area contributed by atoms with Gasteiger partial charge in [-0.05, 0) is 37.6 Å². The normalized spacial score (nSPS) is 19.4. The summed E-state index contributed by atoms with van der Waals surface area (Å²) in [5.74, 6) is 0. The van der Waals surface area contributed by atoms with Crippen molar-refractivity contribution in [3.8, 4) is 0 Å². The first kappa shape index (κ1) is 11.0. The predicted molar refractivity (Wildman–Crippen MR) is 87.4 cm³/mol. The van der Waals surface area contributed by atoms with Crippen molar-refractivity contribution >= 4 is 17.1 Å². The molecule has 21 heavy (non-hydrogen) atoms. The Morgan fingerprint density at radius 1 is 1.10 bits per heavy atom. The van der Waals surface area contributed by atoms with Gasteiger partial charge in [0.15, 0.2) is 5.69 Å². The minimum atomic E-state index is -0.197. The van der Waals surface area contributed by atoms with E-state index in [0.717, 1.165) is 16.9 Å². The summed E-state index contributed by atoms with van der Waals surface area (Å²) < 4.78 is 16.7. The first-order chi connectivity index (χ1) is 11.0. The third kappa shape index (κ3) is 2.36. The van der Waals surface area contributed by atoms with Crippen molar-refractivity contribution in [1.82, 2.24) is 0 Å². The van der Waals surface area contributed by atoms with E-state index in [2.05, 4.69) is 4.85 Å². The van der Waals surface area contributed by atoms with E-state index in [1.807, 2.05) is 55.1 Å². The zero-order valence-electron chi connectivity index (χ0n) is 14.0. The largest absolute Gasteiger partial charge is 0.327 e. The molecule has 104 valence electrons. The van der Waals surface area contributed by atoms with E-state index in [0.29, 0.717) is 5.69 Å². The standard InChI is InChI=1S/C18H17N3/c1-14-9-10-16(19-3)13-18(14)21-12-11-20(15(21)2)17-7-5-4-6-8-17/h4-13,15H,1-2H3/t15-/m0/s1/i11D,12D. The van der Waals surface area contributed by atoms with Gasteiger partial charge >= 0.3 is 0 Å². The summed E-state index contributed by atoms with van der Waals surface area (Å²) in [6.07, 6.45) is 0.111. The van der Waals surface area contributed by atoms with E-state index < -0.39 is 0 Å². The molecule has 2 aromatic carbocycles. The van der Waals surface area contributed by atoms with Crippen molar-refractivity contribution in [2.75, 3.05) is 9.80 Å². The Kier molecular flexibility index (Phi) is 2.79. The number of rotatable bonds is 2. The van der Waals surface area contributed by atoms with Crippen molar-refractivity contribution in [2.24, 2.45) is 0 Å². The van der Waals surface area contributed by atoms with Gasteiger partial charge in [0.1, 0.15) is 6.17 Å². The fourth-order valence-corrected chi connectivity index (χ4v) is 2.47. The molecule has 0 unspecified atom stereocenters. The molecule has 0 saturated carbocycles. The molecule has 1 heterocycles. The number of para-hydroxylation sites is 1. The van der Waals surface area contributed by atoms with Gasteiger partial charge in [-0.2, -0.15) is 0 Å². The maximum absolute atomic E-state index is 8.37. The third-order valence-electron chi connectivity index (χ3n) is 3.65. The molecule has 0 aromatic heterocycles. The second kappa shape index (κ2) is 5.34. The highest BCUT2D eigenvalue weighted by atomic mass is 15.4. The molecule has 0 spiro atoms. The van der Waals surface area contributed by atoms with E-state index in [4.69, 9.17) is 9.31 Å². The summed E-state index contributed by atoms with van der Waals surface area (Å²) in [7, 11) is 0. The zero-order valence-corrected chi connectivity index (χ0v) is 12.0. The van der Waals surface area contributed by atoms with Gasteiger partial charge in [-0.15, -0.1) is 0 Å². The van der Waals surface area contributed by atoms with Gasteiger partial charge in [0, 0.05) is 23.7 Å². The molecule has 3 rings (SSSR count). The van der Waals surface area contributed by atoms with Crippen LogP contribution < -0.4 is 9.80 Å². The number of nitrogens with zero attached hydrogens (tertiary/aromatic N) is 3. The first-order valence-electron chi connectivity index (χ1n) is 7.83. The molecule has 0 fully saturated rings. The molecule has 1 aliphatic heterocycles. The van der Waals surface area contributed by atoms with Crippen LogP contribution in [0.2, 0.25) is 0 Å². The molecule has 0 amide bonds. The van der Waals surface area contributed by atoms with Crippen molar-refractivity contribution in [2.45, 2.75) is 20.0 Å². The van der Waals surface area contributed by atoms with Gasteiger partial charge in [0.2, 0.25) is 0 Å². The molecular formula is C18H17N3. The second-order valence-corrected chi connectivity index (χ2v) is 5.01. The molecule has 0 N–H and O–H groups in total. The molecule has 1 aliphatic rings. The summed E-state index contributed by atoms with van der Waals surface area (Å²) in [4.78, 5) is 7.11. The van der Waals surface area contributed by atoms with Crippen LogP contribution >= 0.6 is 0 Å². The lowest BCUT2D eigenvalue weighted by atomic mass is 10.1. The Balaban J connectivity index is 2.08. The second-order valence-electron chi connectivity index (χ2n) is 5.01. The highest BCUT2D eigenvalue weighted by molar-refractivity contribution is 5.68. The number of benzene rings is 2. The van der Waals surface area contributed by atoms with Crippen LogP contribution in [0.1, 0.15) is 15.2 Å². The van der Waals surface area contributed by atoms with E-state index >= 15 is 0 Å². The topological polar surface area (TPSA) is 10.8 Å². The number of hydrogen-bond acceptors (Lipinski definition) is 2. The van der Waals surface area contributed by atoms with Crippen LogP contribution in [-0.2, 0) is 0 Å².